The summed E-state index contributed by atoms with van der Waals surface area (Å²) in [6, 6.07) is 8.18. The molecule has 0 atom stereocenters. The molecule has 0 unspecified atom stereocenters. The van der Waals surface area contributed by atoms with Crippen molar-refractivity contribution in [3.05, 3.63) is 35.9 Å². The Bertz CT molecular complexity index is 496. The monoisotopic (exact) mass is 260 g/mol. The molecule has 94 valence electrons. The van der Waals surface area contributed by atoms with Crippen LogP contribution in [0.5, 0.6) is 0 Å². The largest absolute Gasteiger partial charge is 0.478 e. The van der Waals surface area contributed by atoms with Crippen LogP contribution in [0.3, 0.4) is 0 Å². The Morgan fingerprint density at radius 1 is 1.17 bits per heavy atom. The first-order valence-electron chi connectivity index (χ1n) is 6.33. The lowest BCUT2D eigenvalue weighted by molar-refractivity contribution is -0.128. The van der Waals surface area contributed by atoms with Gasteiger partial charge < -0.3 is 4.74 Å². The van der Waals surface area contributed by atoms with Gasteiger partial charge >= 0.3 is 0 Å². The number of hydrogen-bond acceptors (Lipinski definition) is 3. The van der Waals surface area contributed by atoms with E-state index in [2.05, 4.69) is 18.4 Å². The Balaban J connectivity index is 1.85. The molecule has 1 aromatic rings. The van der Waals surface area contributed by atoms with Gasteiger partial charge in [-0.1, -0.05) is 12.1 Å². The van der Waals surface area contributed by atoms with Crippen LogP contribution in [0.15, 0.2) is 35.2 Å². The van der Waals surface area contributed by atoms with Crippen LogP contribution < -0.4 is 0 Å². The van der Waals surface area contributed by atoms with Crippen molar-refractivity contribution >= 4 is 23.3 Å². The van der Waals surface area contributed by atoms with E-state index < -0.39 is 5.60 Å². The zero-order valence-corrected chi connectivity index (χ0v) is 11.3. The van der Waals surface area contributed by atoms with Crippen LogP contribution in [-0.2, 0) is 9.53 Å². The quantitative estimate of drug-likeness (QED) is 0.759. The average Bonchev–Trinajstić information content (AvgIpc) is 2.99. The lowest BCUT2D eigenvalue weighted by atomic mass is 9.98. The van der Waals surface area contributed by atoms with Crippen molar-refractivity contribution in [3.63, 3.8) is 0 Å². The maximum atomic E-state index is 12.1. The first-order chi connectivity index (χ1) is 8.73. The highest BCUT2D eigenvalue weighted by molar-refractivity contribution is 7.98. The van der Waals surface area contributed by atoms with Crippen LogP contribution in [0.1, 0.15) is 31.2 Å². The molecule has 0 radical (unpaired) electrons. The van der Waals surface area contributed by atoms with Gasteiger partial charge in [0.05, 0.1) is 0 Å². The number of thioether (sulfide) groups is 1. The molecule has 3 heteroatoms. The molecule has 18 heavy (non-hydrogen) atoms. The third-order valence-electron chi connectivity index (χ3n) is 3.80. The molecule has 1 fully saturated rings. The fourth-order valence-electron chi connectivity index (χ4n) is 2.73. The van der Waals surface area contributed by atoms with Crippen LogP contribution in [0.4, 0.5) is 0 Å². The zero-order chi connectivity index (χ0) is 12.6. The van der Waals surface area contributed by atoms with Crippen molar-refractivity contribution in [2.24, 2.45) is 0 Å². The lowest BCUT2D eigenvalue weighted by Gasteiger charge is -2.22. The molecule has 1 spiro atoms. The summed E-state index contributed by atoms with van der Waals surface area (Å²) in [6.07, 6.45) is 7.66. The molecule has 2 nitrogen and oxygen atoms in total. The molecule has 1 saturated carbocycles. The molecule has 0 N–H and O–H groups in total. The number of benzene rings is 1. The number of hydrogen-bond donors (Lipinski definition) is 0. The van der Waals surface area contributed by atoms with Crippen molar-refractivity contribution in [3.8, 4) is 0 Å². The summed E-state index contributed by atoms with van der Waals surface area (Å²) in [6.45, 7) is 0. The third-order valence-corrected chi connectivity index (χ3v) is 4.55. The Morgan fingerprint density at radius 2 is 1.83 bits per heavy atom. The molecular weight excluding hydrogens is 244 g/mol. The van der Waals surface area contributed by atoms with Gasteiger partial charge in [0.15, 0.2) is 5.60 Å². The number of ether oxygens (including phenoxy) is 1. The van der Waals surface area contributed by atoms with E-state index in [9.17, 15) is 4.79 Å². The second kappa shape index (κ2) is 4.47. The molecule has 1 aliphatic heterocycles. The van der Waals surface area contributed by atoms with Crippen LogP contribution >= 0.6 is 11.8 Å². The maximum absolute atomic E-state index is 12.1. The predicted octanol–water partition coefficient (Wildman–Crippen LogP) is 3.66. The highest BCUT2D eigenvalue weighted by atomic mass is 32.2. The van der Waals surface area contributed by atoms with Gasteiger partial charge in [0.2, 0.25) is 5.78 Å². The smallest absolute Gasteiger partial charge is 0.202 e. The topological polar surface area (TPSA) is 26.3 Å². The van der Waals surface area contributed by atoms with Crippen molar-refractivity contribution in [1.82, 2.24) is 0 Å². The van der Waals surface area contributed by atoms with E-state index in [1.54, 1.807) is 17.8 Å². The van der Waals surface area contributed by atoms with E-state index in [4.69, 9.17) is 4.74 Å². The second-order valence-corrected chi connectivity index (χ2v) is 5.78. The summed E-state index contributed by atoms with van der Waals surface area (Å²) in [5.41, 5.74) is 0.484. The van der Waals surface area contributed by atoms with Crippen LogP contribution in [0.2, 0.25) is 0 Å². The molecule has 0 aromatic heterocycles. The van der Waals surface area contributed by atoms with Crippen LogP contribution in [0.25, 0.3) is 5.76 Å². The first-order valence-corrected chi connectivity index (χ1v) is 7.56. The Labute approximate surface area is 111 Å². The van der Waals surface area contributed by atoms with Crippen molar-refractivity contribution in [2.75, 3.05) is 6.26 Å². The van der Waals surface area contributed by atoms with E-state index in [1.165, 1.54) is 4.90 Å². The predicted molar refractivity (Wildman–Crippen MR) is 73.5 cm³/mol. The minimum absolute atomic E-state index is 0.156. The normalized spacial score (nSPS) is 21.2. The van der Waals surface area contributed by atoms with E-state index >= 15 is 0 Å². The van der Waals surface area contributed by atoms with Gasteiger partial charge in [0, 0.05) is 16.5 Å². The summed E-state index contributed by atoms with van der Waals surface area (Å²) in [7, 11) is 0. The Morgan fingerprint density at radius 3 is 2.44 bits per heavy atom. The summed E-state index contributed by atoms with van der Waals surface area (Å²) in [5.74, 6) is 0.901. The van der Waals surface area contributed by atoms with E-state index in [0.29, 0.717) is 0 Å². The third kappa shape index (κ3) is 1.87. The standard InChI is InChI=1S/C15H16O2S/c1-18-12-6-4-11(5-7-12)13-10-14(16)15(17-13)8-2-3-9-15/h4-7,10H,2-3,8-9H2,1H3. The van der Waals surface area contributed by atoms with Gasteiger partial charge in [-0.15, -0.1) is 11.8 Å². The molecule has 0 bridgehead atoms. The van der Waals surface area contributed by atoms with Gasteiger partial charge in [-0.25, -0.2) is 0 Å². The first kappa shape index (κ1) is 11.8. The molecule has 1 aliphatic carbocycles. The minimum atomic E-state index is -0.520. The number of ketones is 1. The van der Waals surface area contributed by atoms with Crippen molar-refractivity contribution in [2.45, 2.75) is 36.2 Å². The number of carbonyl (C=O) groups is 1. The maximum Gasteiger partial charge on any atom is 0.202 e. The summed E-state index contributed by atoms with van der Waals surface area (Å²) in [4.78, 5) is 13.3. The zero-order valence-electron chi connectivity index (χ0n) is 10.4. The van der Waals surface area contributed by atoms with Crippen molar-refractivity contribution in [1.29, 1.82) is 0 Å². The van der Waals surface area contributed by atoms with Gasteiger partial charge in [-0.2, -0.15) is 0 Å². The molecule has 2 aliphatic rings. The average molecular weight is 260 g/mol. The summed E-state index contributed by atoms with van der Waals surface area (Å²) < 4.78 is 5.99. The highest BCUT2D eigenvalue weighted by Crippen LogP contribution is 2.42. The second-order valence-electron chi connectivity index (χ2n) is 4.90. The van der Waals surface area contributed by atoms with Gasteiger partial charge in [-0.3, -0.25) is 4.79 Å². The fraction of sp³-hybridized carbons (Fsp3) is 0.400. The Hall–Kier alpha value is -1.22. The molecule has 1 aromatic carbocycles. The van der Waals surface area contributed by atoms with Crippen molar-refractivity contribution < 1.29 is 9.53 Å². The molecule has 0 saturated heterocycles. The van der Waals surface area contributed by atoms with Crippen LogP contribution in [0, 0.1) is 0 Å². The molecule has 1 heterocycles. The fourth-order valence-corrected chi connectivity index (χ4v) is 3.14. The Kier molecular flexibility index (Phi) is 2.94. The van der Waals surface area contributed by atoms with Gasteiger partial charge in [-0.05, 0) is 44.1 Å². The van der Waals surface area contributed by atoms with E-state index in [1.807, 2.05) is 12.1 Å². The number of rotatable bonds is 2. The number of carbonyl (C=O) groups excluding carboxylic acids is 1. The SMILES string of the molecule is CSc1ccc(C2=CC(=O)C3(CCCC3)O2)cc1. The lowest BCUT2D eigenvalue weighted by Crippen LogP contribution is -2.32. The van der Waals surface area contributed by atoms with Crippen LogP contribution in [-0.4, -0.2) is 17.6 Å². The van der Waals surface area contributed by atoms with E-state index in [-0.39, 0.29) is 5.78 Å². The van der Waals surface area contributed by atoms with E-state index in [0.717, 1.165) is 37.0 Å². The minimum Gasteiger partial charge on any atom is -0.478 e. The highest BCUT2D eigenvalue weighted by Gasteiger charge is 2.46. The molecular formula is C15H16O2S. The summed E-state index contributed by atoms with van der Waals surface area (Å²) in [5, 5.41) is 0. The molecule has 3 rings (SSSR count). The van der Waals surface area contributed by atoms with Gasteiger partial charge in [0.1, 0.15) is 5.76 Å². The van der Waals surface area contributed by atoms with Gasteiger partial charge in [0.25, 0.3) is 0 Å². The summed E-state index contributed by atoms with van der Waals surface area (Å²) >= 11 is 1.71. The molecule has 0 amide bonds.